The lowest BCUT2D eigenvalue weighted by atomic mass is 10.00. The first-order chi connectivity index (χ1) is 18.5. The molecule has 0 saturated heterocycles. The molecule has 0 aromatic heterocycles. The zero-order valence-corrected chi connectivity index (χ0v) is 25.2. The molecule has 14 heteroatoms. The van der Waals surface area contributed by atoms with Crippen molar-refractivity contribution in [2.75, 3.05) is 13.2 Å². The molecule has 6 unspecified atom stereocenters. The first-order valence-electron chi connectivity index (χ1n) is 12.6. The predicted molar refractivity (Wildman–Crippen MR) is 162 cm³/mol. The van der Waals surface area contributed by atoms with Crippen LogP contribution in [-0.2, 0) is 25.6 Å². The van der Waals surface area contributed by atoms with E-state index in [1.165, 1.54) is 6.92 Å². The molecule has 0 saturated carbocycles. The number of aliphatic imine (C=N–C) groups is 1. The van der Waals surface area contributed by atoms with Crippen LogP contribution < -0.4 is 32.6 Å². The van der Waals surface area contributed by atoms with E-state index in [1.54, 1.807) is 12.2 Å². The van der Waals surface area contributed by atoms with Crippen LogP contribution in [0.25, 0.3) is 0 Å². The Balaban J connectivity index is 2.24. The summed E-state index contributed by atoms with van der Waals surface area (Å²) in [7, 11) is 4.12. The molecule has 1 aromatic rings. The van der Waals surface area contributed by atoms with Gasteiger partial charge < -0.3 is 32.6 Å². The van der Waals surface area contributed by atoms with Crippen LogP contribution in [0.5, 0.6) is 5.75 Å². The average Bonchev–Trinajstić information content (AvgIpc) is 2.87. The Labute approximate surface area is 234 Å². The number of guanidine groups is 1. The topological polar surface area (TPSA) is 192 Å². The summed E-state index contributed by atoms with van der Waals surface area (Å²) in [6, 6.07) is 4.82. The number of carbonyl (C=O) groups is 4. The number of ether oxygens (including phenoxy) is 1. The molecule has 6 atom stereocenters. The number of benzene rings is 1. The quantitative estimate of drug-likeness (QED) is 0.0961. The molecule has 2 heterocycles. The van der Waals surface area contributed by atoms with Gasteiger partial charge in [0.05, 0.1) is 17.7 Å². The van der Waals surface area contributed by atoms with Gasteiger partial charge in [-0.05, 0) is 50.3 Å². The highest BCUT2D eigenvalue weighted by atomic mass is 32.4. The van der Waals surface area contributed by atoms with Crippen molar-refractivity contribution in [2.45, 2.75) is 62.8 Å². The lowest BCUT2D eigenvalue weighted by Gasteiger charge is -2.25. The maximum absolute atomic E-state index is 13.3. The lowest BCUT2D eigenvalue weighted by Crippen LogP contribution is -2.53. The van der Waals surface area contributed by atoms with Crippen molar-refractivity contribution >= 4 is 54.5 Å². The van der Waals surface area contributed by atoms with Crippen LogP contribution in [0.15, 0.2) is 41.4 Å². The summed E-state index contributed by atoms with van der Waals surface area (Å²) >= 11 is 0. The maximum atomic E-state index is 13.3. The molecular formula is C25H39N6O5P3. The molecule has 11 nitrogen and oxygen atoms in total. The highest BCUT2D eigenvalue weighted by Crippen LogP contribution is 2.58. The highest BCUT2D eigenvalue weighted by Gasteiger charge is 2.31. The van der Waals surface area contributed by atoms with Crippen LogP contribution in [-0.4, -0.2) is 66.3 Å². The fraction of sp³-hybridized carbons (Fsp3) is 0.480. The van der Waals surface area contributed by atoms with Crippen molar-refractivity contribution in [2.24, 2.45) is 22.2 Å². The van der Waals surface area contributed by atoms with E-state index >= 15 is 0 Å². The van der Waals surface area contributed by atoms with E-state index in [2.05, 4.69) is 33.5 Å². The Morgan fingerprint density at radius 2 is 1.87 bits per heavy atom. The molecule has 2 amide bonds. The molecule has 3 rings (SSSR count). The van der Waals surface area contributed by atoms with Crippen molar-refractivity contribution in [1.82, 2.24) is 10.6 Å². The van der Waals surface area contributed by atoms with Gasteiger partial charge in [-0.3, -0.25) is 24.2 Å². The van der Waals surface area contributed by atoms with E-state index in [9.17, 15) is 19.2 Å². The fourth-order valence-electron chi connectivity index (χ4n) is 3.86. The van der Waals surface area contributed by atoms with Crippen LogP contribution in [0.1, 0.15) is 38.2 Å². The predicted octanol–water partition coefficient (Wildman–Crippen LogP) is 0.897. The van der Waals surface area contributed by atoms with E-state index < -0.39 is 42.9 Å². The number of ketones is 2. The summed E-state index contributed by atoms with van der Waals surface area (Å²) < 4.78 is 5.72. The first-order valence-corrected chi connectivity index (χ1v) is 17.2. The monoisotopic (exact) mass is 596 g/mol. The Kier molecular flexibility index (Phi) is 14.0. The Hall–Kier alpha value is -2.44. The van der Waals surface area contributed by atoms with Gasteiger partial charge in [0.1, 0.15) is 18.4 Å². The number of hydrogen-bond donors (Lipinski definition) is 5. The highest BCUT2D eigenvalue weighted by molar-refractivity contribution is 8.43. The first kappa shape index (κ1) is 32.8. The van der Waals surface area contributed by atoms with Gasteiger partial charge in [0, 0.05) is 13.0 Å². The Morgan fingerprint density at radius 3 is 2.49 bits per heavy atom. The van der Waals surface area contributed by atoms with Gasteiger partial charge in [-0.15, -0.1) is 17.9 Å². The molecule has 2 aliphatic rings. The van der Waals surface area contributed by atoms with Gasteiger partial charge in [0.2, 0.25) is 11.8 Å². The molecule has 2 aliphatic heterocycles. The summed E-state index contributed by atoms with van der Waals surface area (Å²) in [5.41, 5.74) is 17.1. The van der Waals surface area contributed by atoms with Gasteiger partial charge >= 0.3 is 0 Å². The van der Waals surface area contributed by atoms with Gasteiger partial charge in [-0.1, -0.05) is 31.6 Å². The number of fused-ring (bicyclic) bond motifs is 13. The summed E-state index contributed by atoms with van der Waals surface area (Å²) in [4.78, 5) is 55.6. The third-order valence-corrected chi connectivity index (χ3v) is 9.42. The second kappa shape index (κ2) is 16.6. The van der Waals surface area contributed by atoms with E-state index in [-0.39, 0.29) is 37.0 Å². The average molecular weight is 597 g/mol. The van der Waals surface area contributed by atoms with Gasteiger partial charge in [-0.2, -0.15) is 0 Å². The summed E-state index contributed by atoms with van der Waals surface area (Å²) in [6.45, 7) is 1.96. The molecule has 214 valence electrons. The smallest absolute Gasteiger partial charge is 0.243 e. The third kappa shape index (κ3) is 11.7. The normalized spacial score (nSPS) is 22.2. The molecule has 0 fully saturated rings. The summed E-state index contributed by atoms with van der Waals surface area (Å²) in [5, 5.41) is 5.53. The molecule has 1 aromatic carbocycles. The lowest BCUT2D eigenvalue weighted by molar-refractivity contribution is -0.131. The van der Waals surface area contributed by atoms with E-state index in [0.29, 0.717) is 31.6 Å². The van der Waals surface area contributed by atoms with Crippen LogP contribution in [0.3, 0.4) is 0 Å². The van der Waals surface area contributed by atoms with E-state index in [4.69, 9.17) is 21.9 Å². The van der Waals surface area contributed by atoms with Crippen LogP contribution >= 0.6 is 25.2 Å². The second-order valence-corrected chi connectivity index (χ2v) is 16.2. The number of nitrogens with two attached hydrogens (primary N) is 3. The molecule has 0 radical (unpaired) electrons. The number of rotatable bonds is 8. The number of hydrogen-bond acceptors (Lipinski definition) is 7. The summed E-state index contributed by atoms with van der Waals surface area (Å²) in [6.07, 6.45) is 4.73. The van der Waals surface area contributed by atoms with Crippen molar-refractivity contribution in [3.63, 3.8) is 0 Å². The minimum atomic E-state index is -1.03. The number of nitrogens with zero attached hydrogens (tertiary/aromatic N) is 1. The van der Waals surface area contributed by atoms with Gasteiger partial charge in [0.25, 0.3) is 0 Å². The third-order valence-electron chi connectivity index (χ3n) is 6.12. The fourth-order valence-corrected chi connectivity index (χ4v) is 6.04. The van der Waals surface area contributed by atoms with Crippen molar-refractivity contribution in [3.05, 3.63) is 42.0 Å². The number of nitrogens with one attached hydrogen (secondary N) is 2. The zero-order chi connectivity index (χ0) is 28.9. The van der Waals surface area contributed by atoms with Gasteiger partial charge in [-0.25, -0.2) is 0 Å². The molecule has 0 spiro atoms. The number of amides is 2. The van der Waals surface area contributed by atoms with Crippen LogP contribution in [0.2, 0.25) is 0 Å². The Bertz CT molecular complexity index is 1060. The van der Waals surface area contributed by atoms with Crippen LogP contribution in [0, 0.1) is 0 Å². The second-order valence-electron chi connectivity index (χ2n) is 9.29. The maximum Gasteiger partial charge on any atom is 0.243 e. The SMILES string of the molecule is CC(=O)C(CCCN=C(N)N)NC(=O)C1C/C=C\COc2ccc(cc2)CC(N)C(=O)CC(P(P)P)C(=O)N1. The minimum absolute atomic E-state index is 0.0485. The molecule has 39 heavy (non-hydrogen) atoms. The molecular weight excluding hydrogens is 557 g/mol. The Morgan fingerprint density at radius 1 is 1.18 bits per heavy atom. The minimum Gasteiger partial charge on any atom is -0.490 e. The van der Waals surface area contributed by atoms with Crippen molar-refractivity contribution < 1.29 is 23.9 Å². The summed E-state index contributed by atoms with van der Waals surface area (Å²) in [5.74, 6) is -0.811. The largest absolute Gasteiger partial charge is 0.490 e. The molecule has 0 aliphatic carbocycles. The van der Waals surface area contributed by atoms with Crippen LogP contribution in [0.4, 0.5) is 0 Å². The molecule has 8 N–H and O–H groups in total. The molecule has 2 bridgehead atoms. The number of Topliss-reactive ketones (excluding diaryl/α,β-unsaturated/α-hetero) is 2. The number of carbonyl (C=O) groups excluding carboxylic acids is 4. The van der Waals surface area contributed by atoms with Crippen molar-refractivity contribution in [3.8, 4) is 5.75 Å². The van der Waals surface area contributed by atoms with Gasteiger partial charge in [0.15, 0.2) is 17.5 Å². The van der Waals surface area contributed by atoms with E-state index in [1.807, 2.05) is 24.3 Å². The standard InChI is InChI=1S/C25H39N6O5P3/c1-15(32)19(6-4-11-29-25(27)28)30-23(34)20-5-2-3-12-36-17-9-7-16(8-10-17)13-18(26)21(33)14-22(39(37)38)24(35)31-20/h2-3,7-10,18-20,22H,4-6,11-14,26,37-38H2,1H3,(H,30,34)(H,31,35)(H4,27,28,29)/b3-2-. The van der Waals surface area contributed by atoms with E-state index in [0.717, 1.165) is 5.56 Å². The van der Waals surface area contributed by atoms with Crippen molar-refractivity contribution in [1.29, 1.82) is 0 Å². The zero-order valence-electron chi connectivity index (χ0n) is 22.0.